The molecule has 0 aliphatic rings. The summed E-state index contributed by atoms with van der Waals surface area (Å²) in [5.41, 5.74) is 2.33. The van der Waals surface area contributed by atoms with E-state index in [1.54, 1.807) is 12.1 Å². The number of benzene rings is 2. The molecule has 1 amide bonds. The highest BCUT2D eigenvalue weighted by atomic mass is 16.3. The SMILES string of the molecule is O=C(NCCc1ccccc1O)c1cc2ccccc2[nH]1. The number of phenolic OH excluding ortho intramolecular Hbond substituents is 1. The standard InChI is InChI=1S/C17H16N2O2/c20-16-8-4-2-5-12(16)9-10-18-17(21)15-11-13-6-1-3-7-14(13)19-15/h1-8,11,19-20H,9-10H2,(H,18,21). The summed E-state index contributed by atoms with van der Waals surface area (Å²) in [5.74, 6) is 0.124. The zero-order chi connectivity index (χ0) is 14.7. The molecule has 0 aliphatic heterocycles. The molecule has 0 saturated heterocycles. The van der Waals surface area contributed by atoms with Crippen molar-refractivity contribution in [3.05, 3.63) is 65.9 Å². The minimum absolute atomic E-state index is 0.137. The number of nitrogens with one attached hydrogen (secondary N) is 2. The van der Waals surface area contributed by atoms with E-state index in [1.807, 2.05) is 42.5 Å². The highest BCUT2D eigenvalue weighted by molar-refractivity contribution is 5.97. The monoisotopic (exact) mass is 280 g/mol. The van der Waals surface area contributed by atoms with E-state index in [2.05, 4.69) is 10.3 Å². The van der Waals surface area contributed by atoms with Gasteiger partial charge in [0.05, 0.1) is 0 Å². The number of phenols is 1. The number of rotatable bonds is 4. The first-order chi connectivity index (χ1) is 10.2. The van der Waals surface area contributed by atoms with Gasteiger partial charge in [0, 0.05) is 17.4 Å². The van der Waals surface area contributed by atoms with E-state index in [0.717, 1.165) is 16.5 Å². The van der Waals surface area contributed by atoms with Crippen molar-refractivity contribution in [2.75, 3.05) is 6.54 Å². The molecule has 0 fully saturated rings. The third-order valence-corrected chi connectivity index (χ3v) is 3.45. The number of carbonyl (C=O) groups excluding carboxylic acids is 1. The van der Waals surface area contributed by atoms with Crippen molar-refractivity contribution >= 4 is 16.8 Å². The number of carbonyl (C=O) groups is 1. The van der Waals surface area contributed by atoms with E-state index in [9.17, 15) is 9.90 Å². The Bertz CT molecular complexity index is 744. The van der Waals surface area contributed by atoms with Crippen molar-refractivity contribution in [1.29, 1.82) is 0 Å². The Balaban J connectivity index is 1.63. The minimum atomic E-state index is -0.137. The van der Waals surface area contributed by atoms with Gasteiger partial charge in [0.15, 0.2) is 0 Å². The molecule has 3 aromatic rings. The van der Waals surface area contributed by atoms with E-state index in [4.69, 9.17) is 0 Å². The number of H-pyrrole nitrogens is 1. The third kappa shape index (κ3) is 2.89. The van der Waals surface area contributed by atoms with Crippen LogP contribution in [0, 0.1) is 0 Å². The van der Waals surface area contributed by atoms with Crippen LogP contribution in [-0.2, 0) is 6.42 Å². The maximum Gasteiger partial charge on any atom is 0.267 e. The molecule has 3 N–H and O–H groups in total. The molecular formula is C17H16N2O2. The fraction of sp³-hybridized carbons (Fsp3) is 0.118. The van der Waals surface area contributed by atoms with E-state index in [0.29, 0.717) is 18.7 Å². The van der Waals surface area contributed by atoms with Crippen LogP contribution in [0.15, 0.2) is 54.6 Å². The van der Waals surface area contributed by atoms with Crippen molar-refractivity contribution in [3.63, 3.8) is 0 Å². The molecule has 0 bridgehead atoms. The Labute approximate surface area is 122 Å². The molecule has 106 valence electrons. The average Bonchev–Trinajstić information content (AvgIpc) is 2.93. The van der Waals surface area contributed by atoms with Crippen molar-refractivity contribution < 1.29 is 9.90 Å². The van der Waals surface area contributed by atoms with Crippen LogP contribution in [-0.4, -0.2) is 22.5 Å². The van der Waals surface area contributed by atoms with E-state index in [1.165, 1.54) is 0 Å². The van der Waals surface area contributed by atoms with E-state index in [-0.39, 0.29) is 11.7 Å². The first-order valence-electron chi connectivity index (χ1n) is 6.87. The molecule has 0 atom stereocenters. The molecule has 1 aromatic heterocycles. The van der Waals surface area contributed by atoms with Crippen LogP contribution >= 0.6 is 0 Å². The summed E-state index contributed by atoms with van der Waals surface area (Å²) in [6.07, 6.45) is 0.596. The van der Waals surface area contributed by atoms with Crippen LogP contribution in [0.5, 0.6) is 5.75 Å². The molecule has 0 aliphatic carbocycles. The predicted octanol–water partition coefficient (Wildman–Crippen LogP) is 2.85. The lowest BCUT2D eigenvalue weighted by Crippen LogP contribution is -2.25. The van der Waals surface area contributed by atoms with Crippen LogP contribution in [0.25, 0.3) is 10.9 Å². The number of hydrogen-bond donors (Lipinski definition) is 3. The summed E-state index contributed by atoms with van der Waals surface area (Å²) in [7, 11) is 0. The lowest BCUT2D eigenvalue weighted by molar-refractivity contribution is 0.0950. The van der Waals surface area contributed by atoms with Crippen molar-refractivity contribution in [3.8, 4) is 5.75 Å². The Hall–Kier alpha value is -2.75. The van der Waals surface area contributed by atoms with E-state index >= 15 is 0 Å². The summed E-state index contributed by atoms with van der Waals surface area (Å²) < 4.78 is 0. The topological polar surface area (TPSA) is 65.1 Å². The van der Waals surface area contributed by atoms with Gasteiger partial charge in [-0.15, -0.1) is 0 Å². The molecule has 4 heteroatoms. The normalized spacial score (nSPS) is 10.7. The third-order valence-electron chi connectivity index (χ3n) is 3.45. The van der Waals surface area contributed by atoms with Crippen LogP contribution in [0.3, 0.4) is 0 Å². The molecular weight excluding hydrogens is 264 g/mol. The Morgan fingerprint density at radius 2 is 1.86 bits per heavy atom. The summed E-state index contributed by atoms with van der Waals surface area (Å²) in [5, 5.41) is 13.5. The molecule has 0 unspecified atom stereocenters. The summed E-state index contributed by atoms with van der Waals surface area (Å²) >= 11 is 0. The maximum atomic E-state index is 12.1. The predicted molar refractivity (Wildman–Crippen MR) is 82.4 cm³/mol. The van der Waals surface area contributed by atoms with E-state index < -0.39 is 0 Å². The number of hydrogen-bond acceptors (Lipinski definition) is 2. The van der Waals surface area contributed by atoms with Crippen molar-refractivity contribution in [2.24, 2.45) is 0 Å². The molecule has 2 aromatic carbocycles. The van der Waals surface area contributed by atoms with Crippen LogP contribution < -0.4 is 5.32 Å². The zero-order valence-electron chi connectivity index (χ0n) is 11.5. The summed E-state index contributed by atoms with van der Waals surface area (Å²) in [6.45, 7) is 0.478. The van der Waals surface area contributed by atoms with Crippen LogP contribution in [0.1, 0.15) is 16.1 Å². The van der Waals surface area contributed by atoms with Crippen molar-refractivity contribution in [1.82, 2.24) is 10.3 Å². The number of para-hydroxylation sites is 2. The highest BCUT2D eigenvalue weighted by Gasteiger charge is 2.09. The van der Waals surface area contributed by atoms with Gasteiger partial charge >= 0.3 is 0 Å². The summed E-state index contributed by atoms with van der Waals surface area (Å²) in [4.78, 5) is 15.2. The van der Waals surface area contributed by atoms with Gasteiger partial charge in [-0.2, -0.15) is 0 Å². The lowest BCUT2D eigenvalue weighted by atomic mass is 10.1. The lowest BCUT2D eigenvalue weighted by Gasteiger charge is -2.05. The minimum Gasteiger partial charge on any atom is -0.508 e. The molecule has 3 rings (SSSR count). The average molecular weight is 280 g/mol. The number of fused-ring (bicyclic) bond motifs is 1. The van der Waals surface area contributed by atoms with Gasteiger partial charge < -0.3 is 15.4 Å². The van der Waals surface area contributed by atoms with Gasteiger partial charge in [0.25, 0.3) is 5.91 Å². The fourth-order valence-electron chi connectivity index (χ4n) is 2.32. The highest BCUT2D eigenvalue weighted by Crippen LogP contribution is 2.16. The molecule has 4 nitrogen and oxygen atoms in total. The number of amides is 1. The molecule has 0 radical (unpaired) electrons. The number of aromatic amines is 1. The molecule has 0 saturated carbocycles. The Morgan fingerprint density at radius 1 is 1.10 bits per heavy atom. The van der Waals surface area contributed by atoms with Gasteiger partial charge in [-0.05, 0) is 30.2 Å². The Morgan fingerprint density at radius 3 is 2.67 bits per heavy atom. The molecule has 21 heavy (non-hydrogen) atoms. The molecule has 0 spiro atoms. The second-order valence-corrected chi connectivity index (χ2v) is 4.90. The maximum absolute atomic E-state index is 12.1. The smallest absolute Gasteiger partial charge is 0.267 e. The molecule has 1 heterocycles. The second-order valence-electron chi connectivity index (χ2n) is 4.90. The van der Waals surface area contributed by atoms with Crippen LogP contribution in [0.2, 0.25) is 0 Å². The van der Waals surface area contributed by atoms with Crippen molar-refractivity contribution in [2.45, 2.75) is 6.42 Å². The zero-order valence-corrected chi connectivity index (χ0v) is 11.5. The second kappa shape index (κ2) is 5.71. The summed E-state index contributed by atoms with van der Waals surface area (Å²) in [6, 6.07) is 16.8. The van der Waals surface area contributed by atoms with Gasteiger partial charge in [0.2, 0.25) is 0 Å². The van der Waals surface area contributed by atoms with Gasteiger partial charge in [-0.3, -0.25) is 4.79 Å². The fourth-order valence-corrected chi connectivity index (χ4v) is 2.32. The van der Waals surface area contributed by atoms with Crippen LogP contribution in [0.4, 0.5) is 0 Å². The number of aromatic nitrogens is 1. The van der Waals surface area contributed by atoms with Gasteiger partial charge in [0.1, 0.15) is 11.4 Å². The number of aromatic hydroxyl groups is 1. The largest absolute Gasteiger partial charge is 0.508 e. The quantitative estimate of drug-likeness (QED) is 0.688. The first kappa shape index (κ1) is 13.2. The Kier molecular flexibility index (Phi) is 3.60. The first-order valence-corrected chi connectivity index (χ1v) is 6.87. The van der Waals surface area contributed by atoms with Gasteiger partial charge in [-0.1, -0.05) is 36.4 Å². The van der Waals surface area contributed by atoms with Gasteiger partial charge in [-0.25, -0.2) is 0 Å².